The summed E-state index contributed by atoms with van der Waals surface area (Å²) in [6, 6.07) is 20.7. The number of benzene rings is 3. The van der Waals surface area contributed by atoms with Gasteiger partial charge in [0.1, 0.15) is 6.54 Å². The minimum Gasteiger partial charge on any atom is -0.478 e. The number of nitrogens with zero attached hydrogens (tertiary/aromatic N) is 3. The highest BCUT2D eigenvalue weighted by molar-refractivity contribution is 6.13. The van der Waals surface area contributed by atoms with Crippen molar-refractivity contribution in [2.45, 2.75) is 52.9 Å². The lowest BCUT2D eigenvalue weighted by atomic mass is 9.83. The highest BCUT2D eigenvalue weighted by Crippen LogP contribution is 2.34. The number of ketones is 1. The molecule has 3 amide bonds. The summed E-state index contributed by atoms with van der Waals surface area (Å²) in [5, 5.41) is 18.3. The molecule has 1 fully saturated rings. The highest BCUT2D eigenvalue weighted by atomic mass is 16.4. The van der Waals surface area contributed by atoms with Gasteiger partial charge in [-0.15, -0.1) is 0 Å². The van der Waals surface area contributed by atoms with Gasteiger partial charge in [0.25, 0.3) is 0 Å². The number of amides is 3. The number of urea groups is 1. The number of anilines is 2. The van der Waals surface area contributed by atoms with E-state index in [2.05, 4.69) is 5.32 Å². The minimum atomic E-state index is -1.02. The third kappa shape index (κ3) is 6.88. The molecule has 0 saturated heterocycles. The zero-order chi connectivity index (χ0) is 31.4. The molecule has 2 aliphatic rings. The van der Waals surface area contributed by atoms with Crippen LogP contribution in [0.15, 0.2) is 77.9 Å². The zero-order valence-electron chi connectivity index (χ0n) is 25.4. The van der Waals surface area contributed by atoms with Crippen LogP contribution in [-0.2, 0) is 9.59 Å². The largest absolute Gasteiger partial charge is 0.478 e. The van der Waals surface area contributed by atoms with Gasteiger partial charge in [0.2, 0.25) is 5.91 Å². The lowest BCUT2D eigenvalue weighted by Crippen LogP contribution is -2.47. The summed E-state index contributed by atoms with van der Waals surface area (Å²) in [6.07, 6.45) is 5.18. The van der Waals surface area contributed by atoms with Crippen LogP contribution in [0.1, 0.15) is 68.8 Å². The van der Waals surface area contributed by atoms with Crippen molar-refractivity contribution in [3.8, 4) is 11.1 Å². The van der Waals surface area contributed by atoms with Crippen LogP contribution in [0, 0.1) is 11.3 Å². The molecule has 0 atom stereocenters. The number of rotatable bonds is 8. The zero-order valence-corrected chi connectivity index (χ0v) is 25.4. The molecular formula is C35H38N4O5. The predicted octanol–water partition coefficient (Wildman–Crippen LogP) is 6.83. The van der Waals surface area contributed by atoms with Crippen molar-refractivity contribution < 1.29 is 24.3 Å². The van der Waals surface area contributed by atoms with Crippen molar-refractivity contribution in [3.63, 3.8) is 0 Å². The number of hydrazone groups is 1. The van der Waals surface area contributed by atoms with Crippen LogP contribution in [0.3, 0.4) is 0 Å². The van der Waals surface area contributed by atoms with Gasteiger partial charge in [-0.05, 0) is 54.3 Å². The van der Waals surface area contributed by atoms with Crippen molar-refractivity contribution >= 4 is 40.8 Å². The van der Waals surface area contributed by atoms with Crippen LogP contribution < -0.4 is 10.2 Å². The molecule has 44 heavy (non-hydrogen) atoms. The van der Waals surface area contributed by atoms with Gasteiger partial charge in [-0.25, -0.2) is 14.6 Å². The van der Waals surface area contributed by atoms with Gasteiger partial charge >= 0.3 is 12.0 Å². The Morgan fingerprint density at radius 2 is 1.57 bits per heavy atom. The molecule has 0 spiro atoms. The number of carboxylic acids is 1. The summed E-state index contributed by atoms with van der Waals surface area (Å²) in [5.41, 5.74) is 3.64. The summed E-state index contributed by atoms with van der Waals surface area (Å²) in [4.78, 5) is 53.6. The van der Waals surface area contributed by atoms with Crippen molar-refractivity contribution in [3.05, 3.63) is 83.9 Å². The number of hydrogen-bond donors (Lipinski definition) is 2. The number of aromatic carboxylic acids is 1. The van der Waals surface area contributed by atoms with Crippen LogP contribution in [0.5, 0.6) is 0 Å². The Bertz CT molecular complexity index is 1620. The van der Waals surface area contributed by atoms with Crippen LogP contribution in [0.2, 0.25) is 0 Å². The number of carboxylic acid groups (broad SMARTS) is 1. The summed E-state index contributed by atoms with van der Waals surface area (Å²) < 4.78 is 0. The molecule has 228 valence electrons. The van der Waals surface area contributed by atoms with Crippen molar-refractivity contribution in [1.29, 1.82) is 0 Å². The molecule has 0 aromatic heterocycles. The Kier molecular flexibility index (Phi) is 8.94. The maximum absolute atomic E-state index is 14.1. The topological polar surface area (TPSA) is 119 Å². The van der Waals surface area contributed by atoms with Gasteiger partial charge in [-0.3, -0.25) is 14.5 Å². The van der Waals surface area contributed by atoms with E-state index >= 15 is 0 Å². The first kappa shape index (κ1) is 30.7. The Morgan fingerprint density at radius 1 is 0.886 bits per heavy atom. The maximum Gasteiger partial charge on any atom is 0.345 e. The molecule has 9 nitrogen and oxygen atoms in total. The second-order valence-electron chi connectivity index (χ2n) is 12.5. The molecule has 0 unspecified atom stereocenters. The van der Waals surface area contributed by atoms with Crippen LogP contribution >= 0.6 is 0 Å². The van der Waals surface area contributed by atoms with Gasteiger partial charge in [-0.2, -0.15) is 5.10 Å². The summed E-state index contributed by atoms with van der Waals surface area (Å²) in [7, 11) is 0. The molecule has 3 aromatic carbocycles. The first-order valence-electron chi connectivity index (χ1n) is 15.0. The maximum atomic E-state index is 14.1. The third-order valence-electron chi connectivity index (χ3n) is 8.16. The van der Waals surface area contributed by atoms with Crippen LogP contribution in [0.25, 0.3) is 11.1 Å². The lowest BCUT2D eigenvalue weighted by Gasteiger charge is -2.28. The fourth-order valence-electron chi connectivity index (χ4n) is 5.65. The molecule has 9 heteroatoms. The van der Waals surface area contributed by atoms with Crippen molar-refractivity contribution in [2.24, 2.45) is 16.4 Å². The first-order chi connectivity index (χ1) is 21.0. The number of carbonyl (C=O) groups excluding carboxylic acids is 3. The van der Waals surface area contributed by atoms with E-state index in [-0.39, 0.29) is 30.4 Å². The highest BCUT2D eigenvalue weighted by Gasteiger charge is 2.36. The molecule has 1 saturated carbocycles. The average Bonchev–Trinajstić information content (AvgIpc) is 3.12. The monoisotopic (exact) mass is 594 g/mol. The van der Waals surface area contributed by atoms with E-state index in [1.165, 1.54) is 16.0 Å². The molecule has 1 aliphatic carbocycles. The summed E-state index contributed by atoms with van der Waals surface area (Å²) in [5.74, 6) is -1.43. The van der Waals surface area contributed by atoms with E-state index in [0.717, 1.165) is 48.9 Å². The number of carbonyl (C=O) groups is 4. The Balaban J connectivity index is 1.44. The van der Waals surface area contributed by atoms with Gasteiger partial charge < -0.3 is 10.4 Å². The molecular weight excluding hydrogens is 556 g/mol. The van der Waals surface area contributed by atoms with Gasteiger partial charge in [0.15, 0.2) is 5.78 Å². The first-order valence-corrected chi connectivity index (χ1v) is 15.0. The standard InChI is InChI=1S/C35H38N4O5/c1-35(2,3)30(40)21-38-29-18-8-7-17-28(29)32(23-11-5-4-6-12-23)37-39(34(38)44)22-31(41)36-27-16-10-14-25(20-27)24-13-9-15-26(19-24)33(42)43/h7-10,13-20,23H,4-6,11-12,21-22H2,1-3H3,(H,36,41)(H,42,43). The quantitative estimate of drug-likeness (QED) is 0.296. The SMILES string of the molecule is CC(C)(C)C(=O)CN1C(=O)N(CC(=O)Nc2cccc(-c3cccc(C(=O)O)c3)c2)N=C(C2CCCCC2)c2ccccc21. The molecule has 3 aromatic rings. The number of para-hydroxylation sites is 1. The van der Waals surface area contributed by atoms with E-state index in [0.29, 0.717) is 16.9 Å². The number of Topliss-reactive ketones (excluding diaryl/α,β-unsaturated/α-hetero) is 1. The summed E-state index contributed by atoms with van der Waals surface area (Å²) in [6.45, 7) is 4.99. The normalized spacial score (nSPS) is 15.7. The van der Waals surface area contributed by atoms with Crippen LogP contribution in [0.4, 0.5) is 16.2 Å². The lowest BCUT2D eigenvalue weighted by molar-refractivity contribution is -0.124. The molecule has 0 bridgehead atoms. The minimum absolute atomic E-state index is 0.102. The second kappa shape index (κ2) is 12.8. The van der Waals surface area contributed by atoms with E-state index in [4.69, 9.17) is 5.10 Å². The van der Waals surface area contributed by atoms with Gasteiger partial charge in [-0.1, -0.05) is 82.5 Å². The van der Waals surface area contributed by atoms with Crippen LogP contribution in [-0.4, -0.2) is 52.6 Å². The Labute approximate surface area is 257 Å². The van der Waals surface area contributed by atoms with E-state index in [1.807, 2.05) is 51.1 Å². The van der Waals surface area contributed by atoms with E-state index < -0.39 is 23.3 Å². The summed E-state index contributed by atoms with van der Waals surface area (Å²) >= 11 is 0. The Morgan fingerprint density at radius 3 is 2.27 bits per heavy atom. The third-order valence-corrected chi connectivity index (χ3v) is 8.16. The van der Waals surface area contributed by atoms with E-state index in [9.17, 15) is 24.3 Å². The predicted molar refractivity (Wildman–Crippen MR) is 171 cm³/mol. The van der Waals surface area contributed by atoms with E-state index in [1.54, 1.807) is 36.4 Å². The second-order valence-corrected chi connectivity index (χ2v) is 12.5. The molecule has 5 rings (SSSR count). The van der Waals surface area contributed by atoms with Gasteiger partial charge in [0, 0.05) is 22.6 Å². The fraction of sp³-hybridized carbons (Fsp3) is 0.343. The molecule has 1 aliphatic heterocycles. The smallest absolute Gasteiger partial charge is 0.345 e. The number of hydrogen-bond acceptors (Lipinski definition) is 5. The fourth-order valence-corrected chi connectivity index (χ4v) is 5.65. The van der Waals surface area contributed by atoms with Gasteiger partial charge in [0.05, 0.1) is 23.5 Å². The van der Waals surface area contributed by atoms with Crippen molar-refractivity contribution in [2.75, 3.05) is 23.3 Å². The number of fused-ring (bicyclic) bond motifs is 1. The molecule has 0 radical (unpaired) electrons. The molecule has 2 N–H and O–H groups in total. The number of nitrogens with one attached hydrogen (secondary N) is 1. The Hall–Kier alpha value is -4.79. The average molecular weight is 595 g/mol. The molecule has 1 heterocycles. The van der Waals surface area contributed by atoms with Crippen molar-refractivity contribution in [1.82, 2.24) is 5.01 Å².